The second-order valence-electron chi connectivity index (χ2n) is 5.38. The van der Waals surface area contributed by atoms with E-state index in [1.165, 1.54) is 0 Å². The lowest BCUT2D eigenvalue weighted by Gasteiger charge is -2.19. The Balaban J connectivity index is 2.25. The van der Waals surface area contributed by atoms with E-state index in [4.69, 9.17) is 9.47 Å². The first-order valence-corrected chi connectivity index (χ1v) is 6.32. The SMILES string of the molecule is COc1cccc2ncc(NC(=O)OC(C)(C)C)cc12. The number of nitrogens with one attached hydrogen (secondary N) is 1. The van der Waals surface area contributed by atoms with Crippen LogP contribution >= 0.6 is 0 Å². The highest BCUT2D eigenvalue weighted by Crippen LogP contribution is 2.26. The van der Waals surface area contributed by atoms with Crippen molar-refractivity contribution in [1.29, 1.82) is 0 Å². The first kappa shape index (κ1) is 14.1. The zero-order valence-electron chi connectivity index (χ0n) is 12.1. The molecule has 0 saturated carbocycles. The Labute approximate surface area is 117 Å². The highest BCUT2D eigenvalue weighted by Gasteiger charge is 2.16. The molecule has 20 heavy (non-hydrogen) atoms. The normalized spacial score (nSPS) is 11.2. The molecule has 1 N–H and O–H groups in total. The van der Waals surface area contributed by atoms with Crippen LogP contribution in [0.4, 0.5) is 10.5 Å². The van der Waals surface area contributed by atoms with E-state index in [1.54, 1.807) is 13.3 Å². The van der Waals surface area contributed by atoms with Crippen LogP contribution < -0.4 is 10.1 Å². The minimum absolute atomic E-state index is 0.506. The fourth-order valence-corrected chi connectivity index (χ4v) is 1.79. The van der Waals surface area contributed by atoms with Gasteiger partial charge in [0, 0.05) is 5.39 Å². The smallest absolute Gasteiger partial charge is 0.412 e. The summed E-state index contributed by atoms with van der Waals surface area (Å²) >= 11 is 0. The average molecular weight is 274 g/mol. The molecule has 1 heterocycles. The molecule has 5 heteroatoms. The number of anilines is 1. The molecule has 5 nitrogen and oxygen atoms in total. The fraction of sp³-hybridized carbons (Fsp3) is 0.333. The van der Waals surface area contributed by atoms with Crippen LogP contribution in [0.3, 0.4) is 0 Å². The van der Waals surface area contributed by atoms with Gasteiger partial charge in [-0.3, -0.25) is 10.3 Å². The Morgan fingerprint density at radius 1 is 1.30 bits per heavy atom. The molecular weight excluding hydrogens is 256 g/mol. The molecule has 106 valence electrons. The van der Waals surface area contributed by atoms with E-state index in [9.17, 15) is 4.79 Å². The third-order valence-electron chi connectivity index (χ3n) is 2.55. The molecule has 0 aliphatic heterocycles. The van der Waals surface area contributed by atoms with Crippen molar-refractivity contribution in [2.45, 2.75) is 26.4 Å². The highest BCUT2D eigenvalue weighted by atomic mass is 16.6. The van der Waals surface area contributed by atoms with Gasteiger partial charge in [-0.05, 0) is 39.0 Å². The zero-order chi connectivity index (χ0) is 14.8. The lowest BCUT2D eigenvalue weighted by molar-refractivity contribution is 0.0636. The van der Waals surface area contributed by atoms with Crippen LogP contribution in [0.15, 0.2) is 30.5 Å². The van der Waals surface area contributed by atoms with Crippen molar-refractivity contribution in [2.75, 3.05) is 12.4 Å². The maximum Gasteiger partial charge on any atom is 0.412 e. The second-order valence-corrected chi connectivity index (χ2v) is 5.38. The minimum Gasteiger partial charge on any atom is -0.496 e. The summed E-state index contributed by atoms with van der Waals surface area (Å²) in [6, 6.07) is 7.41. The van der Waals surface area contributed by atoms with Crippen LogP contribution in [0.25, 0.3) is 10.9 Å². The van der Waals surface area contributed by atoms with E-state index in [2.05, 4.69) is 10.3 Å². The van der Waals surface area contributed by atoms with Gasteiger partial charge in [-0.1, -0.05) is 6.07 Å². The summed E-state index contributed by atoms with van der Waals surface area (Å²) in [4.78, 5) is 16.0. The summed E-state index contributed by atoms with van der Waals surface area (Å²) in [5.74, 6) is 0.711. The van der Waals surface area contributed by atoms with Crippen molar-refractivity contribution < 1.29 is 14.3 Å². The number of ether oxygens (including phenoxy) is 2. The number of benzene rings is 1. The lowest BCUT2D eigenvalue weighted by Crippen LogP contribution is -2.27. The topological polar surface area (TPSA) is 60.5 Å². The molecule has 0 aliphatic rings. The molecular formula is C15H18N2O3. The van der Waals surface area contributed by atoms with Crippen molar-refractivity contribution >= 4 is 22.7 Å². The van der Waals surface area contributed by atoms with Crippen LogP contribution in [0.5, 0.6) is 5.75 Å². The Morgan fingerprint density at radius 3 is 2.70 bits per heavy atom. The molecule has 0 radical (unpaired) electrons. The van der Waals surface area contributed by atoms with E-state index < -0.39 is 11.7 Å². The number of pyridine rings is 1. The maximum atomic E-state index is 11.7. The van der Waals surface area contributed by atoms with E-state index in [0.717, 1.165) is 10.9 Å². The van der Waals surface area contributed by atoms with Gasteiger partial charge in [0.2, 0.25) is 0 Å². The number of amides is 1. The Morgan fingerprint density at radius 2 is 2.05 bits per heavy atom. The van der Waals surface area contributed by atoms with Crippen molar-refractivity contribution in [3.63, 3.8) is 0 Å². The van der Waals surface area contributed by atoms with Crippen LogP contribution in [-0.4, -0.2) is 23.8 Å². The van der Waals surface area contributed by atoms with Gasteiger partial charge in [0.15, 0.2) is 0 Å². The van der Waals surface area contributed by atoms with Gasteiger partial charge in [0.05, 0.1) is 24.5 Å². The van der Waals surface area contributed by atoms with Gasteiger partial charge in [0.1, 0.15) is 11.4 Å². The number of fused-ring (bicyclic) bond motifs is 1. The number of methoxy groups -OCH3 is 1. The van der Waals surface area contributed by atoms with Crippen LogP contribution in [0, 0.1) is 0 Å². The van der Waals surface area contributed by atoms with E-state index in [-0.39, 0.29) is 0 Å². The quantitative estimate of drug-likeness (QED) is 0.909. The molecule has 1 aromatic carbocycles. The van der Waals surface area contributed by atoms with E-state index in [1.807, 2.05) is 45.0 Å². The summed E-state index contributed by atoms with van der Waals surface area (Å²) in [7, 11) is 1.60. The number of hydrogen-bond donors (Lipinski definition) is 1. The summed E-state index contributed by atoms with van der Waals surface area (Å²) in [5.41, 5.74) is 0.835. The average Bonchev–Trinajstić information content (AvgIpc) is 2.35. The third-order valence-corrected chi connectivity index (χ3v) is 2.55. The second kappa shape index (κ2) is 5.36. The molecule has 0 spiro atoms. The molecule has 0 fully saturated rings. The van der Waals surface area contributed by atoms with Crippen LogP contribution in [-0.2, 0) is 4.74 Å². The first-order valence-electron chi connectivity index (χ1n) is 6.32. The molecule has 0 aliphatic carbocycles. The molecule has 1 aromatic heterocycles. The number of nitrogens with zero attached hydrogens (tertiary/aromatic N) is 1. The highest BCUT2D eigenvalue weighted by molar-refractivity contribution is 5.91. The molecule has 0 saturated heterocycles. The molecule has 0 unspecified atom stereocenters. The van der Waals surface area contributed by atoms with Crippen molar-refractivity contribution in [3.05, 3.63) is 30.5 Å². The number of aromatic nitrogens is 1. The van der Waals surface area contributed by atoms with Crippen molar-refractivity contribution in [1.82, 2.24) is 4.98 Å². The minimum atomic E-state index is -0.536. The van der Waals surface area contributed by atoms with Gasteiger partial charge in [0.25, 0.3) is 0 Å². The summed E-state index contributed by atoms with van der Waals surface area (Å²) < 4.78 is 10.5. The zero-order valence-corrected chi connectivity index (χ0v) is 12.1. The van der Waals surface area contributed by atoms with Crippen molar-refractivity contribution in [2.24, 2.45) is 0 Å². The first-order chi connectivity index (χ1) is 9.39. The number of carbonyl (C=O) groups excluding carboxylic acids is 1. The van der Waals surface area contributed by atoms with Crippen LogP contribution in [0.1, 0.15) is 20.8 Å². The number of rotatable bonds is 2. The predicted molar refractivity (Wildman–Crippen MR) is 78.2 cm³/mol. The molecule has 2 aromatic rings. The van der Waals surface area contributed by atoms with Crippen molar-refractivity contribution in [3.8, 4) is 5.75 Å². The van der Waals surface area contributed by atoms with E-state index >= 15 is 0 Å². The Bertz CT molecular complexity index is 633. The van der Waals surface area contributed by atoms with E-state index in [0.29, 0.717) is 11.4 Å². The summed E-state index contributed by atoms with van der Waals surface area (Å²) in [6.07, 6.45) is 1.08. The van der Waals surface area contributed by atoms with Gasteiger partial charge in [-0.15, -0.1) is 0 Å². The van der Waals surface area contributed by atoms with Crippen LogP contribution in [0.2, 0.25) is 0 Å². The molecule has 0 bridgehead atoms. The predicted octanol–water partition coefficient (Wildman–Crippen LogP) is 3.59. The number of hydrogen-bond acceptors (Lipinski definition) is 4. The monoisotopic (exact) mass is 274 g/mol. The lowest BCUT2D eigenvalue weighted by atomic mass is 10.2. The van der Waals surface area contributed by atoms with Gasteiger partial charge >= 0.3 is 6.09 Å². The Hall–Kier alpha value is -2.30. The third kappa shape index (κ3) is 3.38. The van der Waals surface area contributed by atoms with Gasteiger partial charge < -0.3 is 9.47 Å². The maximum absolute atomic E-state index is 11.7. The largest absolute Gasteiger partial charge is 0.496 e. The number of carbonyl (C=O) groups is 1. The molecule has 2 rings (SSSR count). The van der Waals surface area contributed by atoms with Gasteiger partial charge in [-0.2, -0.15) is 0 Å². The molecule has 0 atom stereocenters. The van der Waals surface area contributed by atoms with Gasteiger partial charge in [-0.25, -0.2) is 4.79 Å². The molecule has 1 amide bonds. The fourth-order valence-electron chi connectivity index (χ4n) is 1.79. The Kier molecular flexibility index (Phi) is 3.79. The standard InChI is InChI=1S/C15H18N2O3/c1-15(2,3)20-14(18)17-10-8-11-12(16-9-10)6-5-7-13(11)19-4/h5-9H,1-4H3,(H,17,18). The summed E-state index contributed by atoms with van der Waals surface area (Å²) in [5, 5.41) is 3.50. The summed E-state index contributed by atoms with van der Waals surface area (Å²) in [6.45, 7) is 5.44.